The minimum atomic E-state index is -0.155. The first-order valence-electron chi connectivity index (χ1n) is 8.93. The molecule has 6 nitrogen and oxygen atoms in total. The van der Waals surface area contributed by atoms with Crippen LogP contribution in [0.4, 0.5) is 5.13 Å². The maximum absolute atomic E-state index is 12.4. The van der Waals surface area contributed by atoms with Crippen molar-refractivity contribution in [3.63, 3.8) is 0 Å². The highest BCUT2D eigenvalue weighted by Gasteiger charge is 2.29. The first-order chi connectivity index (χ1) is 12.6. The normalized spacial score (nSPS) is 16.8. The molecule has 1 aliphatic heterocycles. The van der Waals surface area contributed by atoms with Crippen molar-refractivity contribution in [1.82, 2.24) is 15.2 Å². The summed E-state index contributed by atoms with van der Waals surface area (Å²) in [6.07, 6.45) is 2.93. The molecule has 136 valence electrons. The molecule has 2 heterocycles. The van der Waals surface area contributed by atoms with E-state index in [1.807, 2.05) is 12.1 Å². The van der Waals surface area contributed by atoms with Crippen LogP contribution >= 0.6 is 11.3 Å². The number of benzene rings is 1. The van der Waals surface area contributed by atoms with E-state index in [-0.39, 0.29) is 17.7 Å². The topological polar surface area (TPSA) is 74.3 Å². The molecule has 2 N–H and O–H groups in total. The van der Waals surface area contributed by atoms with Gasteiger partial charge in [0.2, 0.25) is 5.91 Å². The fraction of sp³-hybridized carbons (Fsp3) is 0.421. The van der Waals surface area contributed by atoms with Crippen molar-refractivity contribution in [2.45, 2.75) is 32.4 Å². The minimum Gasteiger partial charge on any atom is -0.352 e. The van der Waals surface area contributed by atoms with Crippen LogP contribution in [-0.2, 0) is 24.3 Å². The molecule has 7 heteroatoms. The molecule has 1 fully saturated rings. The van der Waals surface area contributed by atoms with Crippen LogP contribution < -0.4 is 10.6 Å². The molecule has 2 aliphatic rings. The zero-order valence-corrected chi connectivity index (χ0v) is 15.6. The van der Waals surface area contributed by atoms with Gasteiger partial charge in [0.15, 0.2) is 5.13 Å². The maximum Gasteiger partial charge on any atom is 0.257 e. The smallest absolute Gasteiger partial charge is 0.257 e. The second-order valence-electron chi connectivity index (χ2n) is 7.02. The van der Waals surface area contributed by atoms with Gasteiger partial charge in [-0.1, -0.05) is 12.1 Å². The van der Waals surface area contributed by atoms with Gasteiger partial charge in [-0.3, -0.25) is 14.9 Å². The van der Waals surface area contributed by atoms with E-state index in [2.05, 4.69) is 27.6 Å². The number of nitrogens with one attached hydrogen (secondary N) is 2. The molecular formula is C19H22N4O2S. The van der Waals surface area contributed by atoms with Gasteiger partial charge < -0.3 is 10.2 Å². The third-order valence-corrected chi connectivity index (χ3v) is 5.77. The first-order valence-corrected chi connectivity index (χ1v) is 9.75. The molecule has 26 heavy (non-hydrogen) atoms. The van der Waals surface area contributed by atoms with Gasteiger partial charge in [-0.25, -0.2) is 4.98 Å². The summed E-state index contributed by atoms with van der Waals surface area (Å²) < 4.78 is 0. The maximum atomic E-state index is 12.4. The van der Waals surface area contributed by atoms with Crippen LogP contribution in [0.5, 0.6) is 0 Å². The zero-order valence-electron chi connectivity index (χ0n) is 14.7. The number of hydrogen-bond acceptors (Lipinski definition) is 5. The van der Waals surface area contributed by atoms with Crippen LogP contribution in [0, 0.1) is 5.92 Å². The highest BCUT2D eigenvalue weighted by molar-refractivity contribution is 7.15. The number of carbonyl (C=O) groups is 2. The van der Waals surface area contributed by atoms with E-state index in [1.54, 1.807) is 23.5 Å². The Bertz CT molecular complexity index is 827. The molecular weight excluding hydrogens is 348 g/mol. The largest absolute Gasteiger partial charge is 0.352 e. The molecule has 4 rings (SSSR count). The Balaban J connectivity index is 1.35. The third-order valence-electron chi connectivity index (χ3n) is 4.77. The molecule has 0 bridgehead atoms. The predicted octanol–water partition coefficient (Wildman–Crippen LogP) is 2.41. The Hall–Kier alpha value is -2.25. The Morgan fingerprint density at radius 3 is 2.77 bits per heavy atom. The molecule has 1 aliphatic carbocycles. The summed E-state index contributed by atoms with van der Waals surface area (Å²) in [5.74, 6) is 0.187. The van der Waals surface area contributed by atoms with E-state index in [1.165, 1.54) is 4.88 Å². The second-order valence-corrected chi connectivity index (χ2v) is 8.10. The van der Waals surface area contributed by atoms with Crippen LogP contribution in [0.3, 0.4) is 0 Å². The number of thiazole rings is 1. The van der Waals surface area contributed by atoms with Crippen molar-refractivity contribution in [2.24, 2.45) is 5.92 Å². The van der Waals surface area contributed by atoms with Crippen molar-refractivity contribution >= 4 is 28.3 Å². The monoisotopic (exact) mass is 370 g/mol. The molecule has 1 aromatic carbocycles. The lowest BCUT2D eigenvalue weighted by Crippen LogP contribution is -2.25. The van der Waals surface area contributed by atoms with Crippen molar-refractivity contribution in [1.29, 1.82) is 0 Å². The van der Waals surface area contributed by atoms with Gasteiger partial charge in [-0.15, -0.1) is 11.3 Å². The van der Waals surface area contributed by atoms with E-state index >= 15 is 0 Å². The van der Waals surface area contributed by atoms with Crippen LogP contribution in [0.25, 0.3) is 0 Å². The van der Waals surface area contributed by atoms with Crippen molar-refractivity contribution in [2.75, 3.05) is 18.9 Å². The summed E-state index contributed by atoms with van der Waals surface area (Å²) in [7, 11) is 2.09. The standard InChI is InChI=1S/C19H22N4O2S/c1-23-9-8-15-16(11-23)26-19(21-15)22-18(25)14-4-2-12(3-5-14)10-20-17(24)13-6-7-13/h2-5,13H,6-11H2,1H3,(H,20,24)(H,21,22,25). The molecule has 2 amide bonds. The first kappa shape index (κ1) is 17.2. The third kappa shape index (κ3) is 3.94. The number of hydrogen-bond donors (Lipinski definition) is 2. The Morgan fingerprint density at radius 1 is 1.27 bits per heavy atom. The number of likely N-dealkylation sites (N-methyl/N-ethyl adjacent to an activating group) is 1. The highest BCUT2D eigenvalue weighted by atomic mass is 32.1. The minimum absolute atomic E-state index is 0.130. The molecule has 0 atom stereocenters. The molecule has 1 aromatic heterocycles. The summed E-state index contributed by atoms with van der Waals surface area (Å²) in [6.45, 7) is 2.40. The molecule has 0 radical (unpaired) electrons. The van der Waals surface area contributed by atoms with Crippen LogP contribution in [0.2, 0.25) is 0 Å². The lowest BCUT2D eigenvalue weighted by Gasteiger charge is -2.20. The molecule has 1 saturated carbocycles. The van der Waals surface area contributed by atoms with Gasteiger partial charge in [-0.05, 0) is 37.6 Å². The molecule has 0 saturated heterocycles. The van der Waals surface area contributed by atoms with Crippen molar-refractivity contribution < 1.29 is 9.59 Å². The predicted molar refractivity (Wildman–Crippen MR) is 101 cm³/mol. The van der Waals surface area contributed by atoms with Gasteiger partial charge in [0.1, 0.15) is 0 Å². The summed E-state index contributed by atoms with van der Waals surface area (Å²) in [5.41, 5.74) is 2.68. The van der Waals surface area contributed by atoms with E-state index < -0.39 is 0 Å². The number of fused-ring (bicyclic) bond motifs is 1. The Labute approximate surface area is 156 Å². The summed E-state index contributed by atoms with van der Waals surface area (Å²) in [5, 5.41) is 6.50. The number of aromatic nitrogens is 1. The Morgan fingerprint density at radius 2 is 2.04 bits per heavy atom. The quantitative estimate of drug-likeness (QED) is 0.848. The number of rotatable bonds is 5. The summed E-state index contributed by atoms with van der Waals surface area (Å²) in [6, 6.07) is 7.33. The number of anilines is 1. The number of amides is 2. The van der Waals surface area contributed by atoms with Crippen LogP contribution in [0.15, 0.2) is 24.3 Å². The van der Waals surface area contributed by atoms with Crippen molar-refractivity contribution in [3.05, 3.63) is 46.0 Å². The average molecular weight is 370 g/mol. The van der Waals surface area contributed by atoms with E-state index in [0.29, 0.717) is 17.2 Å². The van der Waals surface area contributed by atoms with E-state index in [9.17, 15) is 9.59 Å². The van der Waals surface area contributed by atoms with E-state index in [0.717, 1.165) is 43.6 Å². The zero-order chi connectivity index (χ0) is 18.1. The average Bonchev–Trinajstić information content (AvgIpc) is 3.41. The highest BCUT2D eigenvalue weighted by Crippen LogP contribution is 2.29. The SMILES string of the molecule is CN1CCc2nc(NC(=O)c3ccc(CNC(=O)C4CC4)cc3)sc2C1. The van der Waals surface area contributed by atoms with Crippen molar-refractivity contribution in [3.8, 4) is 0 Å². The molecule has 0 spiro atoms. The van der Waals surface area contributed by atoms with Gasteiger partial charge in [-0.2, -0.15) is 0 Å². The lowest BCUT2D eigenvalue weighted by molar-refractivity contribution is -0.122. The van der Waals surface area contributed by atoms with Gasteiger partial charge >= 0.3 is 0 Å². The Kier molecular flexibility index (Phi) is 4.74. The fourth-order valence-corrected chi connectivity index (χ4v) is 4.08. The van der Waals surface area contributed by atoms with Gasteiger partial charge in [0, 0.05) is 42.4 Å². The number of nitrogens with zero attached hydrogens (tertiary/aromatic N) is 2. The molecule has 0 unspecified atom stereocenters. The molecule has 2 aromatic rings. The van der Waals surface area contributed by atoms with Gasteiger partial charge in [0.05, 0.1) is 5.69 Å². The summed E-state index contributed by atoms with van der Waals surface area (Å²) >= 11 is 1.55. The van der Waals surface area contributed by atoms with Gasteiger partial charge in [0.25, 0.3) is 5.91 Å². The van der Waals surface area contributed by atoms with E-state index in [4.69, 9.17) is 0 Å². The second kappa shape index (κ2) is 7.17. The lowest BCUT2D eigenvalue weighted by atomic mass is 10.1. The number of carbonyl (C=O) groups excluding carboxylic acids is 2. The van der Waals surface area contributed by atoms with Crippen LogP contribution in [-0.4, -0.2) is 35.3 Å². The van der Waals surface area contributed by atoms with Crippen LogP contribution in [0.1, 0.15) is 39.3 Å². The fourth-order valence-electron chi connectivity index (χ4n) is 3.00. The summed E-state index contributed by atoms with van der Waals surface area (Å²) in [4.78, 5) is 32.2.